The first-order valence-corrected chi connectivity index (χ1v) is 6.72. The first-order valence-electron chi connectivity index (χ1n) is 6.72. The number of hydrogen-bond acceptors (Lipinski definition) is 7. The Bertz CT molecular complexity index is 530. The van der Waals surface area contributed by atoms with Gasteiger partial charge >= 0.3 is 0 Å². The lowest BCUT2D eigenvalue weighted by atomic mass is 10.4. The van der Waals surface area contributed by atoms with E-state index in [9.17, 15) is 0 Å². The Balaban J connectivity index is 2.03. The van der Waals surface area contributed by atoms with Crippen molar-refractivity contribution in [3.05, 3.63) is 6.20 Å². The van der Waals surface area contributed by atoms with Crippen LogP contribution in [0.25, 0.3) is 11.0 Å². The molecule has 110 valence electrons. The number of aromatic nitrogens is 4. The highest BCUT2D eigenvalue weighted by atomic mass is 16.5. The Morgan fingerprint density at radius 1 is 1.25 bits per heavy atom. The predicted octanol–water partition coefficient (Wildman–Crippen LogP) is 0.596. The normalized spacial score (nSPS) is 10.9. The molecule has 0 aliphatic carbocycles. The second kappa shape index (κ2) is 7.61. The minimum Gasteiger partial charge on any atom is -0.394 e. The Hall–Kier alpha value is -1.93. The lowest BCUT2D eigenvalue weighted by molar-refractivity contribution is 0.0992. The van der Waals surface area contributed by atoms with Crippen molar-refractivity contribution < 1.29 is 9.84 Å². The molecule has 0 bridgehead atoms. The maximum absolute atomic E-state index is 8.63. The van der Waals surface area contributed by atoms with Crippen LogP contribution in [0.4, 0.5) is 11.8 Å². The summed E-state index contributed by atoms with van der Waals surface area (Å²) >= 11 is 0. The average Bonchev–Trinajstić information content (AvgIpc) is 2.93. The minimum absolute atomic E-state index is 0.0323. The number of fused-ring (bicyclic) bond motifs is 1. The summed E-state index contributed by atoms with van der Waals surface area (Å²) in [4.78, 5) is 8.78. The van der Waals surface area contributed by atoms with Gasteiger partial charge in [0.25, 0.3) is 0 Å². The number of aliphatic hydroxyl groups excluding tert-OH is 1. The van der Waals surface area contributed by atoms with E-state index in [2.05, 4.69) is 37.7 Å². The summed E-state index contributed by atoms with van der Waals surface area (Å²) in [6.07, 6.45) is 2.69. The lowest BCUT2D eigenvalue weighted by Gasteiger charge is -2.09. The highest BCUT2D eigenvalue weighted by Crippen LogP contribution is 2.19. The Labute approximate surface area is 117 Å². The summed E-state index contributed by atoms with van der Waals surface area (Å²) in [5, 5.41) is 22.6. The van der Waals surface area contributed by atoms with Crippen molar-refractivity contribution in [1.82, 2.24) is 20.2 Å². The van der Waals surface area contributed by atoms with E-state index in [-0.39, 0.29) is 6.61 Å². The van der Waals surface area contributed by atoms with Gasteiger partial charge in [0.2, 0.25) is 5.95 Å². The van der Waals surface area contributed by atoms with Crippen LogP contribution in [0.3, 0.4) is 0 Å². The molecule has 4 N–H and O–H groups in total. The van der Waals surface area contributed by atoms with E-state index in [1.807, 2.05) is 0 Å². The van der Waals surface area contributed by atoms with Gasteiger partial charge in [-0.3, -0.25) is 5.10 Å². The molecule has 0 amide bonds. The van der Waals surface area contributed by atoms with Gasteiger partial charge in [0.05, 0.1) is 31.4 Å². The van der Waals surface area contributed by atoms with Gasteiger partial charge < -0.3 is 20.5 Å². The van der Waals surface area contributed by atoms with Crippen molar-refractivity contribution in [3.8, 4) is 0 Å². The van der Waals surface area contributed by atoms with Crippen LogP contribution < -0.4 is 10.6 Å². The fourth-order valence-electron chi connectivity index (χ4n) is 1.69. The summed E-state index contributed by atoms with van der Waals surface area (Å²) in [5.74, 6) is 1.29. The van der Waals surface area contributed by atoms with Gasteiger partial charge in [0, 0.05) is 13.1 Å². The number of nitrogens with zero attached hydrogens (tertiary/aromatic N) is 3. The molecule has 2 aromatic heterocycles. The monoisotopic (exact) mass is 280 g/mol. The van der Waals surface area contributed by atoms with Crippen LogP contribution in [0.2, 0.25) is 0 Å². The molecule has 8 nitrogen and oxygen atoms in total. The van der Waals surface area contributed by atoms with E-state index in [0.717, 1.165) is 24.2 Å². The number of aromatic amines is 1. The zero-order valence-corrected chi connectivity index (χ0v) is 11.5. The Morgan fingerprint density at radius 2 is 2.15 bits per heavy atom. The van der Waals surface area contributed by atoms with E-state index >= 15 is 0 Å². The number of nitrogens with one attached hydrogen (secondary N) is 3. The summed E-state index contributed by atoms with van der Waals surface area (Å²) in [6, 6.07) is 0. The molecule has 2 aromatic rings. The van der Waals surface area contributed by atoms with Crippen molar-refractivity contribution in [2.45, 2.75) is 13.3 Å². The fraction of sp³-hybridized carbons (Fsp3) is 0.583. The summed E-state index contributed by atoms with van der Waals surface area (Å²) < 4.78 is 5.20. The quantitative estimate of drug-likeness (QED) is 0.498. The van der Waals surface area contributed by atoms with Crippen molar-refractivity contribution >= 4 is 22.8 Å². The number of aliphatic hydroxyl groups is 1. The topological polar surface area (TPSA) is 108 Å². The van der Waals surface area contributed by atoms with Gasteiger partial charge in [0.1, 0.15) is 5.82 Å². The molecule has 0 atom stereocenters. The molecular weight excluding hydrogens is 260 g/mol. The van der Waals surface area contributed by atoms with E-state index in [1.165, 1.54) is 0 Å². The molecular formula is C12H20N6O2. The fourth-order valence-corrected chi connectivity index (χ4v) is 1.69. The number of rotatable bonds is 9. The molecule has 0 saturated heterocycles. The minimum atomic E-state index is 0.0323. The van der Waals surface area contributed by atoms with Crippen LogP contribution in [0.1, 0.15) is 13.3 Å². The van der Waals surface area contributed by atoms with Gasteiger partial charge in [-0.2, -0.15) is 15.1 Å². The number of anilines is 2. The molecule has 0 aliphatic rings. The van der Waals surface area contributed by atoms with Gasteiger partial charge in [0.15, 0.2) is 5.65 Å². The summed E-state index contributed by atoms with van der Waals surface area (Å²) in [7, 11) is 0. The van der Waals surface area contributed by atoms with Gasteiger partial charge in [-0.25, -0.2) is 0 Å². The molecule has 0 fully saturated rings. The second-order valence-corrected chi connectivity index (χ2v) is 4.22. The van der Waals surface area contributed by atoms with E-state index in [1.54, 1.807) is 6.20 Å². The first kappa shape index (κ1) is 14.5. The number of H-pyrrole nitrogens is 1. The third-order valence-corrected chi connectivity index (χ3v) is 2.62. The molecule has 0 radical (unpaired) electrons. The van der Waals surface area contributed by atoms with Crippen LogP contribution in [0.5, 0.6) is 0 Å². The Morgan fingerprint density at radius 3 is 2.95 bits per heavy atom. The number of ether oxygens (including phenoxy) is 1. The van der Waals surface area contributed by atoms with Crippen molar-refractivity contribution in [2.24, 2.45) is 0 Å². The van der Waals surface area contributed by atoms with Crippen LogP contribution in [0.15, 0.2) is 6.20 Å². The molecule has 20 heavy (non-hydrogen) atoms. The number of hydrogen-bond donors (Lipinski definition) is 4. The maximum Gasteiger partial charge on any atom is 0.226 e. The smallest absolute Gasteiger partial charge is 0.226 e. The zero-order chi connectivity index (χ0) is 14.2. The average molecular weight is 280 g/mol. The third-order valence-electron chi connectivity index (χ3n) is 2.62. The van der Waals surface area contributed by atoms with Gasteiger partial charge in [-0.1, -0.05) is 6.92 Å². The van der Waals surface area contributed by atoms with Crippen LogP contribution in [-0.2, 0) is 4.74 Å². The molecule has 0 aliphatic heterocycles. The third kappa shape index (κ3) is 3.78. The van der Waals surface area contributed by atoms with Gasteiger partial charge in [-0.15, -0.1) is 0 Å². The van der Waals surface area contributed by atoms with Crippen LogP contribution in [0, 0.1) is 0 Å². The van der Waals surface area contributed by atoms with Crippen molar-refractivity contribution in [3.63, 3.8) is 0 Å². The molecule has 0 spiro atoms. The van der Waals surface area contributed by atoms with E-state index in [0.29, 0.717) is 31.4 Å². The first-order chi connectivity index (χ1) is 9.85. The van der Waals surface area contributed by atoms with Crippen LogP contribution >= 0.6 is 0 Å². The highest BCUT2D eigenvalue weighted by molar-refractivity contribution is 5.86. The Kier molecular flexibility index (Phi) is 5.51. The maximum atomic E-state index is 8.63. The van der Waals surface area contributed by atoms with Gasteiger partial charge in [-0.05, 0) is 6.42 Å². The SMILES string of the molecule is CCCNc1nc(NCCOCCO)c2cn[nH]c2n1. The summed E-state index contributed by atoms with van der Waals surface area (Å²) in [6.45, 7) is 4.38. The predicted molar refractivity (Wildman–Crippen MR) is 76.9 cm³/mol. The lowest BCUT2D eigenvalue weighted by Crippen LogP contribution is -2.13. The molecule has 0 unspecified atom stereocenters. The molecule has 8 heteroatoms. The van der Waals surface area contributed by atoms with Crippen molar-refractivity contribution in [2.75, 3.05) is 43.5 Å². The largest absolute Gasteiger partial charge is 0.394 e. The highest BCUT2D eigenvalue weighted by Gasteiger charge is 2.08. The zero-order valence-electron chi connectivity index (χ0n) is 11.5. The molecule has 0 saturated carbocycles. The van der Waals surface area contributed by atoms with E-state index < -0.39 is 0 Å². The second-order valence-electron chi connectivity index (χ2n) is 4.22. The standard InChI is InChI=1S/C12H20N6O2/c1-2-3-14-12-16-10(13-4-6-20-7-5-19)9-8-15-18-11(9)17-12/h8,19H,2-7H2,1H3,(H3,13,14,15,16,17,18). The van der Waals surface area contributed by atoms with Crippen LogP contribution in [-0.4, -0.2) is 58.2 Å². The molecule has 2 rings (SSSR count). The van der Waals surface area contributed by atoms with E-state index in [4.69, 9.17) is 9.84 Å². The summed E-state index contributed by atoms with van der Waals surface area (Å²) in [5.41, 5.74) is 0.692. The van der Waals surface area contributed by atoms with Crippen molar-refractivity contribution in [1.29, 1.82) is 0 Å². The molecule has 0 aromatic carbocycles. The molecule has 2 heterocycles.